The minimum absolute atomic E-state index is 0.0132. The van der Waals surface area contributed by atoms with Crippen LogP contribution in [0.3, 0.4) is 0 Å². The molecule has 0 unspecified atom stereocenters. The van der Waals surface area contributed by atoms with Crippen LogP contribution >= 0.6 is 0 Å². The smallest absolute Gasteiger partial charge is 0.235 e. The molecular weight excluding hydrogens is 206 g/mol. The molecule has 0 aliphatic heterocycles. The predicted molar refractivity (Wildman–Crippen MR) is 59.7 cm³/mol. The molecule has 5 heteroatoms. The van der Waals surface area contributed by atoms with Crippen LogP contribution in [0.4, 0.5) is 0 Å². The number of carbonyl (C=O) groups excluding carboxylic acids is 1. The number of nitrogens with one attached hydrogen (secondary N) is 1. The van der Waals surface area contributed by atoms with Crippen molar-refractivity contribution in [3.63, 3.8) is 0 Å². The van der Waals surface area contributed by atoms with E-state index in [-0.39, 0.29) is 11.8 Å². The van der Waals surface area contributed by atoms with E-state index in [0.717, 1.165) is 0 Å². The van der Waals surface area contributed by atoms with Gasteiger partial charge in [0.15, 0.2) is 0 Å². The highest BCUT2D eigenvalue weighted by Gasteiger charge is 2.10. The Kier molecular flexibility index (Phi) is 4.46. The minimum atomic E-state index is 0.0132. The van der Waals surface area contributed by atoms with E-state index in [0.29, 0.717) is 30.7 Å². The first kappa shape index (κ1) is 12.7. The van der Waals surface area contributed by atoms with Crippen LogP contribution in [0.25, 0.3) is 0 Å². The summed E-state index contributed by atoms with van der Waals surface area (Å²) >= 11 is 0. The number of rotatable bonds is 5. The number of aromatic nitrogens is 2. The summed E-state index contributed by atoms with van der Waals surface area (Å²) < 4.78 is 5.36. The van der Waals surface area contributed by atoms with Crippen LogP contribution < -0.4 is 5.32 Å². The number of amides is 1. The van der Waals surface area contributed by atoms with E-state index < -0.39 is 0 Å². The van der Waals surface area contributed by atoms with Gasteiger partial charge < -0.3 is 9.73 Å². The lowest BCUT2D eigenvalue weighted by molar-refractivity contribution is -0.122. The molecule has 1 N–H and O–H groups in total. The zero-order valence-electron chi connectivity index (χ0n) is 10.3. The number of hydrogen-bond acceptors (Lipinski definition) is 4. The van der Waals surface area contributed by atoms with Gasteiger partial charge in [0.25, 0.3) is 0 Å². The van der Waals surface area contributed by atoms with Crippen molar-refractivity contribution in [2.75, 3.05) is 0 Å². The van der Waals surface area contributed by atoms with E-state index in [9.17, 15) is 4.79 Å². The lowest BCUT2D eigenvalue weighted by Gasteiger charge is -2.04. The maximum absolute atomic E-state index is 11.4. The third kappa shape index (κ3) is 4.00. The molecule has 1 aromatic heterocycles. The van der Waals surface area contributed by atoms with Gasteiger partial charge in [-0.25, -0.2) is 0 Å². The average molecular weight is 225 g/mol. The second-order valence-corrected chi connectivity index (χ2v) is 4.56. The van der Waals surface area contributed by atoms with Gasteiger partial charge in [-0.1, -0.05) is 27.7 Å². The SMILES string of the molecule is CC(C)CC(=O)NCc1nnc(C(C)C)o1. The highest BCUT2D eigenvalue weighted by Crippen LogP contribution is 2.11. The second-order valence-electron chi connectivity index (χ2n) is 4.56. The number of carbonyl (C=O) groups is 1. The Hall–Kier alpha value is -1.39. The van der Waals surface area contributed by atoms with Crippen molar-refractivity contribution in [3.8, 4) is 0 Å². The van der Waals surface area contributed by atoms with Gasteiger partial charge in [0, 0.05) is 12.3 Å². The summed E-state index contributed by atoms with van der Waals surface area (Å²) in [7, 11) is 0. The summed E-state index contributed by atoms with van der Waals surface area (Å²) in [6, 6.07) is 0. The number of hydrogen-bond donors (Lipinski definition) is 1. The second kappa shape index (κ2) is 5.63. The topological polar surface area (TPSA) is 68.0 Å². The third-order valence-electron chi connectivity index (χ3n) is 2.01. The molecule has 1 rings (SSSR count). The third-order valence-corrected chi connectivity index (χ3v) is 2.01. The van der Waals surface area contributed by atoms with Gasteiger partial charge in [0.1, 0.15) is 0 Å². The highest BCUT2D eigenvalue weighted by atomic mass is 16.4. The molecule has 0 saturated carbocycles. The van der Waals surface area contributed by atoms with Crippen LogP contribution in [0.15, 0.2) is 4.42 Å². The molecule has 16 heavy (non-hydrogen) atoms. The van der Waals surface area contributed by atoms with Crippen molar-refractivity contribution in [1.29, 1.82) is 0 Å². The zero-order chi connectivity index (χ0) is 12.1. The van der Waals surface area contributed by atoms with Crippen molar-refractivity contribution < 1.29 is 9.21 Å². The molecule has 0 bridgehead atoms. The van der Waals surface area contributed by atoms with E-state index in [2.05, 4.69) is 15.5 Å². The van der Waals surface area contributed by atoms with Gasteiger partial charge >= 0.3 is 0 Å². The fraction of sp³-hybridized carbons (Fsp3) is 0.727. The first-order chi connectivity index (χ1) is 7.49. The Morgan fingerprint density at radius 1 is 1.31 bits per heavy atom. The van der Waals surface area contributed by atoms with Crippen molar-refractivity contribution in [2.24, 2.45) is 5.92 Å². The summed E-state index contributed by atoms with van der Waals surface area (Å²) in [4.78, 5) is 11.4. The normalized spacial score (nSPS) is 11.1. The Balaban J connectivity index is 2.39. The van der Waals surface area contributed by atoms with Crippen LogP contribution in [0.2, 0.25) is 0 Å². The van der Waals surface area contributed by atoms with E-state index in [1.807, 2.05) is 27.7 Å². The van der Waals surface area contributed by atoms with Crippen molar-refractivity contribution >= 4 is 5.91 Å². The molecule has 90 valence electrons. The molecule has 0 aromatic carbocycles. The molecule has 1 aromatic rings. The molecular formula is C11H19N3O2. The maximum atomic E-state index is 11.4. The summed E-state index contributed by atoms with van der Waals surface area (Å²) in [5.74, 6) is 1.65. The van der Waals surface area contributed by atoms with E-state index in [4.69, 9.17) is 4.42 Å². The lowest BCUT2D eigenvalue weighted by atomic mass is 10.1. The van der Waals surface area contributed by atoms with Crippen LogP contribution in [-0.2, 0) is 11.3 Å². The minimum Gasteiger partial charge on any atom is -0.423 e. The Labute approximate surface area is 95.6 Å². The van der Waals surface area contributed by atoms with Crippen molar-refractivity contribution in [3.05, 3.63) is 11.8 Å². The predicted octanol–water partition coefficient (Wildman–Crippen LogP) is 1.86. The summed E-state index contributed by atoms with van der Waals surface area (Å²) in [5.41, 5.74) is 0. The van der Waals surface area contributed by atoms with Gasteiger partial charge in [-0.3, -0.25) is 4.79 Å². The molecule has 1 heterocycles. The zero-order valence-corrected chi connectivity index (χ0v) is 10.3. The molecule has 1 amide bonds. The molecule has 5 nitrogen and oxygen atoms in total. The summed E-state index contributed by atoms with van der Waals surface area (Å²) in [6.07, 6.45) is 0.519. The highest BCUT2D eigenvalue weighted by molar-refractivity contribution is 5.75. The summed E-state index contributed by atoms with van der Waals surface area (Å²) in [5, 5.41) is 10.5. The van der Waals surface area contributed by atoms with E-state index in [1.54, 1.807) is 0 Å². The molecule has 0 aliphatic rings. The fourth-order valence-corrected chi connectivity index (χ4v) is 1.19. The Morgan fingerprint density at radius 2 is 2.00 bits per heavy atom. The van der Waals surface area contributed by atoms with Crippen LogP contribution in [0, 0.1) is 5.92 Å². The molecule has 0 fully saturated rings. The lowest BCUT2D eigenvalue weighted by Crippen LogP contribution is -2.24. The first-order valence-corrected chi connectivity index (χ1v) is 5.58. The van der Waals surface area contributed by atoms with Crippen molar-refractivity contribution in [1.82, 2.24) is 15.5 Å². The Morgan fingerprint density at radius 3 is 2.50 bits per heavy atom. The van der Waals surface area contributed by atoms with Gasteiger partial charge in [-0.15, -0.1) is 10.2 Å². The molecule has 0 aliphatic carbocycles. The first-order valence-electron chi connectivity index (χ1n) is 5.58. The van der Waals surface area contributed by atoms with Crippen molar-refractivity contribution in [2.45, 2.75) is 46.6 Å². The number of nitrogens with zero attached hydrogens (tertiary/aromatic N) is 2. The summed E-state index contributed by atoms with van der Waals surface area (Å²) in [6.45, 7) is 8.28. The van der Waals surface area contributed by atoms with Crippen LogP contribution in [0.1, 0.15) is 51.8 Å². The van der Waals surface area contributed by atoms with Gasteiger partial charge in [-0.2, -0.15) is 0 Å². The van der Waals surface area contributed by atoms with E-state index >= 15 is 0 Å². The molecule has 0 saturated heterocycles. The fourth-order valence-electron chi connectivity index (χ4n) is 1.19. The van der Waals surface area contributed by atoms with Crippen LogP contribution in [-0.4, -0.2) is 16.1 Å². The molecule has 0 atom stereocenters. The van der Waals surface area contributed by atoms with Crippen LogP contribution in [0.5, 0.6) is 0 Å². The maximum Gasteiger partial charge on any atom is 0.235 e. The Bertz CT molecular complexity index is 345. The van der Waals surface area contributed by atoms with Gasteiger partial charge in [0.2, 0.25) is 17.7 Å². The largest absolute Gasteiger partial charge is 0.423 e. The standard InChI is InChI=1S/C11H19N3O2/c1-7(2)5-9(15)12-6-10-13-14-11(16-10)8(3)4/h7-8H,5-6H2,1-4H3,(H,12,15). The average Bonchev–Trinajstić information content (AvgIpc) is 2.61. The molecule has 0 spiro atoms. The molecule has 0 radical (unpaired) electrons. The quantitative estimate of drug-likeness (QED) is 0.830. The van der Waals surface area contributed by atoms with E-state index in [1.165, 1.54) is 0 Å². The van der Waals surface area contributed by atoms with Gasteiger partial charge in [-0.05, 0) is 5.92 Å². The van der Waals surface area contributed by atoms with Gasteiger partial charge in [0.05, 0.1) is 6.54 Å². The monoisotopic (exact) mass is 225 g/mol.